The van der Waals surface area contributed by atoms with Crippen LogP contribution in [-0.4, -0.2) is 27.8 Å². The Morgan fingerprint density at radius 1 is 0.848 bits per heavy atom. The van der Waals surface area contributed by atoms with E-state index < -0.39 is 12.1 Å². The van der Waals surface area contributed by atoms with E-state index in [2.05, 4.69) is 15.7 Å². The summed E-state index contributed by atoms with van der Waals surface area (Å²) in [7, 11) is 0. The lowest BCUT2D eigenvalue weighted by Gasteiger charge is -2.18. The van der Waals surface area contributed by atoms with Crippen LogP contribution in [0.1, 0.15) is 11.1 Å². The topological polar surface area (TPSA) is 85.3 Å². The highest BCUT2D eigenvalue weighted by atomic mass is 16.5. The van der Waals surface area contributed by atoms with Crippen molar-refractivity contribution in [2.45, 2.75) is 19.1 Å². The zero-order chi connectivity index (χ0) is 22.9. The number of para-hydroxylation sites is 1. The number of rotatable bonds is 8. The molecule has 0 fully saturated rings. The molecule has 166 valence electrons. The van der Waals surface area contributed by atoms with E-state index in [1.165, 1.54) is 0 Å². The fourth-order valence-electron chi connectivity index (χ4n) is 3.30. The maximum Gasteiger partial charge on any atom is 0.408 e. The van der Waals surface area contributed by atoms with Crippen LogP contribution in [0.3, 0.4) is 0 Å². The number of ether oxygens (including phenoxy) is 1. The molecule has 0 aliphatic heterocycles. The number of aromatic nitrogens is 2. The lowest BCUT2D eigenvalue weighted by Crippen LogP contribution is -2.45. The summed E-state index contributed by atoms with van der Waals surface area (Å²) in [5, 5.41) is 9.83. The molecule has 4 rings (SSSR count). The van der Waals surface area contributed by atoms with Crippen molar-refractivity contribution >= 4 is 17.7 Å². The van der Waals surface area contributed by atoms with E-state index in [1.807, 2.05) is 91.0 Å². The summed E-state index contributed by atoms with van der Waals surface area (Å²) in [5.74, 6) is -0.358. The first-order chi connectivity index (χ1) is 16.2. The average molecular weight is 441 g/mol. The van der Waals surface area contributed by atoms with E-state index in [0.717, 1.165) is 16.8 Å². The fourth-order valence-corrected chi connectivity index (χ4v) is 3.30. The Kier molecular flexibility index (Phi) is 7.12. The van der Waals surface area contributed by atoms with Gasteiger partial charge in [-0.15, -0.1) is 0 Å². The van der Waals surface area contributed by atoms with Gasteiger partial charge in [0.1, 0.15) is 12.6 Å². The molecule has 1 heterocycles. The molecule has 0 saturated heterocycles. The van der Waals surface area contributed by atoms with Gasteiger partial charge in [0, 0.05) is 6.42 Å². The molecule has 33 heavy (non-hydrogen) atoms. The molecule has 0 saturated carbocycles. The van der Waals surface area contributed by atoms with Gasteiger partial charge in [-0.2, -0.15) is 5.10 Å². The average Bonchev–Trinajstić information content (AvgIpc) is 3.33. The van der Waals surface area contributed by atoms with Crippen molar-refractivity contribution in [2.75, 3.05) is 5.32 Å². The van der Waals surface area contributed by atoms with Gasteiger partial charge in [0.15, 0.2) is 0 Å². The standard InChI is InChI=1S/C26H24N4O3/c31-25(28-22-17-27-30(18-22)23-14-8-3-9-15-23)24(16-20-10-4-1-5-11-20)29-26(32)33-19-21-12-6-2-7-13-21/h1-15,17-18,24H,16,19H2,(H,28,31)(H,29,32). The van der Waals surface area contributed by atoms with Gasteiger partial charge in [-0.25, -0.2) is 9.48 Å². The van der Waals surface area contributed by atoms with Crippen LogP contribution in [-0.2, 0) is 22.6 Å². The summed E-state index contributed by atoms with van der Waals surface area (Å²) in [6.07, 6.45) is 2.95. The molecule has 0 bridgehead atoms. The second-order valence-electron chi connectivity index (χ2n) is 7.45. The summed E-state index contributed by atoms with van der Waals surface area (Å²) < 4.78 is 6.98. The molecule has 1 atom stereocenters. The summed E-state index contributed by atoms with van der Waals surface area (Å²) >= 11 is 0. The molecule has 7 nitrogen and oxygen atoms in total. The molecular formula is C26H24N4O3. The largest absolute Gasteiger partial charge is 0.445 e. The number of hydrogen-bond acceptors (Lipinski definition) is 4. The van der Waals surface area contributed by atoms with E-state index >= 15 is 0 Å². The molecule has 0 aliphatic carbocycles. The smallest absolute Gasteiger partial charge is 0.408 e. The van der Waals surface area contributed by atoms with E-state index in [4.69, 9.17) is 4.74 Å². The monoisotopic (exact) mass is 440 g/mol. The first-order valence-electron chi connectivity index (χ1n) is 10.6. The third-order valence-corrected chi connectivity index (χ3v) is 4.97. The van der Waals surface area contributed by atoms with Crippen LogP contribution in [0.4, 0.5) is 10.5 Å². The molecule has 3 aromatic carbocycles. The van der Waals surface area contributed by atoms with Crippen molar-refractivity contribution in [3.63, 3.8) is 0 Å². The molecule has 0 aliphatic rings. The van der Waals surface area contributed by atoms with E-state index in [9.17, 15) is 9.59 Å². The highest BCUT2D eigenvalue weighted by Crippen LogP contribution is 2.13. The molecule has 2 N–H and O–H groups in total. The molecule has 2 amide bonds. The van der Waals surface area contributed by atoms with Crippen LogP contribution < -0.4 is 10.6 Å². The van der Waals surface area contributed by atoms with Crippen LogP contribution in [0.5, 0.6) is 0 Å². The zero-order valence-corrected chi connectivity index (χ0v) is 17.9. The predicted molar refractivity (Wildman–Crippen MR) is 126 cm³/mol. The highest BCUT2D eigenvalue weighted by molar-refractivity contribution is 5.96. The third kappa shape index (κ3) is 6.30. The number of carbonyl (C=O) groups excluding carboxylic acids is 2. The Bertz CT molecular complexity index is 1180. The normalized spacial score (nSPS) is 11.4. The van der Waals surface area contributed by atoms with Gasteiger partial charge in [-0.05, 0) is 23.3 Å². The maximum atomic E-state index is 13.1. The Morgan fingerprint density at radius 2 is 1.45 bits per heavy atom. The third-order valence-electron chi connectivity index (χ3n) is 4.97. The van der Waals surface area contributed by atoms with Crippen molar-refractivity contribution in [1.29, 1.82) is 0 Å². The first-order valence-corrected chi connectivity index (χ1v) is 10.6. The number of nitrogens with one attached hydrogen (secondary N) is 2. The minimum atomic E-state index is -0.823. The van der Waals surface area contributed by atoms with Gasteiger partial charge in [0.05, 0.1) is 23.8 Å². The van der Waals surface area contributed by atoms with Crippen molar-refractivity contribution in [2.24, 2.45) is 0 Å². The van der Waals surface area contributed by atoms with E-state index in [-0.39, 0.29) is 12.5 Å². The molecule has 4 aromatic rings. The summed E-state index contributed by atoms with van der Waals surface area (Å²) in [4.78, 5) is 25.5. The number of alkyl carbamates (subject to hydrolysis) is 1. The van der Waals surface area contributed by atoms with Crippen molar-refractivity contribution in [3.8, 4) is 5.69 Å². The van der Waals surface area contributed by atoms with Crippen molar-refractivity contribution in [1.82, 2.24) is 15.1 Å². The quantitative estimate of drug-likeness (QED) is 0.427. The second-order valence-corrected chi connectivity index (χ2v) is 7.45. The van der Waals surface area contributed by atoms with Crippen LogP contribution in [0, 0.1) is 0 Å². The summed E-state index contributed by atoms with van der Waals surface area (Å²) in [6.45, 7) is 0.121. The Morgan fingerprint density at radius 3 is 2.12 bits per heavy atom. The van der Waals surface area contributed by atoms with E-state index in [1.54, 1.807) is 17.1 Å². The van der Waals surface area contributed by atoms with Gasteiger partial charge in [-0.3, -0.25) is 4.79 Å². The Hall–Kier alpha value is -4.39. The van der Waals surface area contributed by atoms with Gasteiger partial charge in [0.2, 0.25) is 5.91 Å². The molecule has 1 aromatic heterocycles. The number of anilines is 1. The number of amides is 2. The number of carbonyl (C=O) groups is 2. The lowest BCUT2D eigenvalue weighted by molar-refractivity contribution is -0.118. The summed E-state index contributed by atoms with van der Waals surface area (Å²) in [6, 6.07) is 27.6. The predicted octanol–water partition coefficient (Wildman–Crippen LogP) is 4.35. The van der Waals surface area contributed by atoms with Crippen LogP contribution >= 0.6 is 0 Å². The highest BCUT2D eigenvalue weighted by Gasteiger charge is 2.23. The minimum absolute atomic E-state index is 0.121. The van der Waals surface area contributed by atoms with Gasteiger partial charge >= 0.3 is 6.09 Å². The maximum absolute atomic E-state index is 13.1. The Balaban J connectivity index is 1.42. The first kappa shape index (κ1) is 21.8. The molecular weight excluding hydrogens is 416 g/mol. The van der Waals surface area contributed by atoms with Crippen LogP contribution in [0.25, 0.3) is 5.69 Å². The molecule has 7 heteroatoms. The van der Waals surface area contributed by atoms with Crippen molar-refractivity contribution < 1.29 is 14.3 Å². The summed E-state index contributed by atoms with van der Waals surface area (Å²) in [5.41, 5.74) is 3.19. The van der Waals surface area contributed by atoms with Gasteiger partial charge < -0.3 is 15.4 Å². The van der Waals surface area contributed by atoms with Crippen LogP contribution in [0.15, 0.2) is 103 Å². The molecule has 0 spiro atoms. The number of nitrogens with zero attached hydrogens (tertiary/aromatic N) is 2. The van der Waals surface area contributed by atoms with Gasteiger partial charge in [0.25, 0.3) is 0 Å². The molecule has 0 radical (unpaired) electrons. The van der Waals surface area contributed by atoms with E-state index in [0.29, 0.717) is 12.1 Å². The van der Waals surface area contributed by atoms with Crippen LogP contribution in [0.2, 0.25) is 0 Å². The minimum Gasteiger partial charge on any atom is -0.445 e. The van der Waals surface area contributed by atoms with Gasteiger partial charge in [-0.1, -0.05) is 78.9 Å². The SMILES string of the molecule is O=C(NC(Cc1ccccc1)C(=O)Nc1cnn(-c2ccccc2)c1)OCc1ccccc1. The number of hydrogen-bond donors (Lipinski definition) is 2. The van der Waals surface area contributed by atoms with Crippen molar-refractivity contribution in [3.05, 3.63) is 115 Å². The lowest BCUT2D eigenvalue weighted by atomic mass is 10.1. The fraction of sp³-hybridized carbons (Fsp3) is 0.115. The Labute approximate surface area is 192 Å². The zero-order valence-electron chi connectivity index (χ0n) is 17.9. The second kappa shape index (κ2) is 10.8. The molecule has 1 unspecified atom stereocenters. The number of benzene rings is 3.